The number of carbonyl (C=O) groups excluding carboxylic acids is 1. The Hall–Kier alpha value is -1.32. The van der Waals surface area contributed by atoms with Crippen molar-refractivity contribution in [2.24, 2.45) is 5.73 Å². The highest BCUT2D eigenvalue weighted by Crippen LogP contribution is 2.43. The first kappa shape index (κ1) is 46.7. The molecule has 0 aliphatic rings. The molecule has 282 valence electrons. The van der Waals surface area contributed by atoms with E-state index in [1.807, 2.05) is 6.08 Å². The molecule has 0 aliphatic heterocycles. The zero-order valence-electron chi connectivity index (χ0n) is 30.6. The lowest BCUT2D eigenvalue weighted by molar-refractivity contribution is -0.124. The Morgan fingerprint density at radius 2 is 1.19 bits per heavy atom. The SMILES string of the molecule is CCCCCCCCCC/C=C/CC/C=C/CC/C=C/C(O)C(COP(=O)(O)OCCN)NC(=O)CC(O)CCCCCCCCCC. The quantitative estimate of drug-likeness (QED) is 0.0250. The molecule has 4 atom stereocenters. The molecular weight excluding hydrogens is 627 g/mol. The maximum absolute atomic E-state index is 12.7. The molecule has 0 fully saturated rings. The van der Waals surface area contributed by atoms with Crippen LogP contribution in [-0.2, 0) is 18.4 Å². The third-order valence-corrected chi connectivity index (χ3v) is 9.24. The summed E-state index contributed by atoms with van der Waals surface area (Å²) in [6.07, 6.45) is 35.3. The molecule has 4 unspecified atom stereocenters. The largest absolute Gasteiger partial charge is 0.472 e. The molecule has 0 rings (SSSR count). The van der Waals surface area contributed by atoms with E-state index in [2.05, 4.69) is 43.5 Å². The number of aliphatic hydroxyl groups excluding tert-OH is 2. The Bertz CT molecular complexity index is 868. The Morgan fingerprint density at radius 1 is 0.708 bits per heavy atom. The number of nitrogens with one attached hydrogen (secondary N) is 1. The van der Waals surface area contributed by atoms with E-state index in [0.717, 1.165) is 44.9 Å². The standard InChI is InChI=1S/C38H73N2O7P/c1-3-5-7-9-11-13-14-15-16-17-18-19-20-21-22-24-26-28-30-37(42)36(34-47-48(44,45)46-32-31-39)40-38(43)33-35(41)29-27-25-23-12-10-8-6-4-2/h17-18,21-22,28,30,35-37,41-42H,3-16,19-20,23-27,29,31-34,39H2,1-2H3,(H,40,43)(H,44,45)/b18-17+,22-21+,30-28+. The molecule has 6 N–H and O–H groups in total. The van der Waals surface area contributed by atoms with Gasteiger partial charge in [0.25, 0.3) is 0 Å². The van der Waals surface area contributed by atoms with Gasteiger partial charge in [0, 0.05) is 6.54 Å². The zero-order chi connectivity index (χ0) is 35.6. The number of aliphatic hydroxyl groups is 2. The van der Waals surface area contributed by atoms with Gasteiger partial charge in [-0.1, -0.05) is 147 Å². The van der Waals surface area contributed by atoms with Gasteiger partial charge in [0.05, 0.1) is 37.9 Å². The second-order valence-electron chi connectivity index (χ2n) is 13.0. The van der Waals surface area contributed by atoms with Crippen LogP contribution in [0.5, 0.6) is 0 Å². The molecule has 1 amide bonds. The summed E-state index contributed by atoms with van der Waals surface area (Å²) in [6, 6.07) is -1.00. The molecule has 48 heavy (non-hydrogen) atoms. The topological polar surface area (TPSA) is 151 Å². The number of rotatable bonds is 35. The molecule has 0 heterocycles. The number of phosphoric ester groups is 1. The minimum Gasteiger partial charge on any atom is -0.393 e. The van der Waals surface area contributed by atoms with Crippen LogP contribution in [0.3, 0.4) is 0 Å². The van der Waals surface area contributed by atoms with Crippen molar-refractivity contribution in [2.75, 3.05) is 19.8 Å². The van der Waals surface area contributed by atoms with Crippen molar-refractivity contribution in [3.63, 3.8) is 0 Å². The second-order valence-corrected chi connectivity index (χ2v) is 14.4. The summed E-state index contributed by atoms with van der Waals surface area (Å²) in [5.41, 5.74) is 5.34. The molecule has 0 aromatic rings. The number of phosphoric acid groups is 1. The Morgan fingerprint density at radius 3 is 1.73 bits per heavy atom. The van der Waals surface area contributed by atoms with Crippen molar-refractivity contribution >= 4 is 13.7 Å². The van der Waals surface area contributed by atoms with Crippen molar-refractivity contribution < 1.29 is 33.5 Å². The van der Waals surface area contributed by atoms with Crippen LogP contribution in [0.4, 0.5) is 0 Å². The van der Waals surface area contributed by atoms with Crippen LogP contribution in [0, 0.1) is 0 Å². The number of unbranched alkanes of at least 4 members (excludes halogenated alkanes) is 17. The van der Waals surface area contributed by atoms with E-state index in [-0.39, 0.29) is 19.6 Å². The van der Waals surface area contributed by atoms with Crippen LogP contribution in [0.2, 0.25) is 0 Å². The summed E-state index contributed by atoms with van der Waals surface area (Å²) in [5.74, 6) is -0.464. The second kappa shape index (κ2) is 34.1. The lowest BCUT2D eigenvalue weighted by Gasteiger charge is -2.24. The van der Waals surface area contributed by atoms with E-state index in [4.69, 9.17) is 14.8 Å². The highest BCUT2D eigenvalue weighted by atomic mass is 31.2. The van der Waals surface area contributed by atoms with Crippen LogP contribution in [0.25, 0.3) is 0 Å². The number of nitrogens with two attached hydrogens (primary N) is 1. The first-order valence-corrected chi connectivity index (χ1v) is 20.7. The van der Waals surface area contributed by atoms with E-state index < -0.39 is 38.6 Å². The van der Waals surface area contributed by atoms with E-state index in [1.165, 1.54) is 83.5 Å². The van der Waals surface area contributed by atoms with Gasteiger partial charge in [0.2, 0.25) is 5.91 Å². The lowest BCUT2D eigenvalue weighted by Crippen LogP contribution is -2.46. The van der Waals surface area contributed by atoms with Crippen molar-refractivity contribution in [1.29, 1.82) is 0 Å². The Labute approximate surface area is 293 Å². The predicted octanol–water partition coefficient (Wildman–Crippen LogP) is 8.97. The van der Waals surface area contributed by atoms with Gasteiger partial charge in [-0.25, -0.2) is 4.57 Å². The minimum absolute atomic E-state index is 0.0423. The van der Waals surface area contributed by atoms with Gasteiger partial charge < -0.3 is 26.2 Å². The van der Waals surface area contributed by atoms with Gasteiger partial charge in [0.15, 0.2) is 0 Å². The Balaban J connectivity index is 4.49. The fourth-order valence-electron chi connectivity index (χ4n) is 5.32. The fraction of sp³-hybridized carbons (Fsp3) is 0.816. The minimum atomic E-state index is -4.40. The molecule has 0 aromatic heterocycles. The average molecular weight is 701 g/mol. The van der Waals surface area contributed by atoms with E-state index in [9.17, 15) is 24.5 Å². The average Bonchev–Trinajstić information content (AvgIpc) is 3.06. The summed E-state index contributed by atoms with van der Waals surface area (Å²) >= 11 is 0. The molecule has 0 saturated heterocycles. The van der Waals surface area contributed by atoms with Gasteiger partial charge in [-0.15, -0.1) is 0 Å². The van der Waals surface area contributed by atoms with Crippen molar-refractivity contribution in [3.8, 4) is 0 Å². The van der Waals surface area contributed by atoms with E-state index >= 15 is 0 Å². The van der Waals surface area contributed by atoms with Crippen LogP contribution in [-0.4, -0.2) is 59.0 Å². The molecule has 0 spiro atoms. The van der Waals surface area contributed by atoms with Gasteiger partial charge in [0.1, 0.15) is 0 Å². The summed E-state index contributed by atoms with van der Waals surface area (Å²) in [7, 11) is -4.40. The number of carbonyl (C=O) groups is 1. The summed E-state index contributed by atoms with van der Waals surface area (Å²) in [5, 5.41) is 23.8. The lowest BCUT2D eigenvalue weighted by atomic mass is 10.0. The molecule has 0 saturated carbocycles. The van der Waals surface area contributed by atoms with E-state index in [1.54, 1.807) is 6.08 Å². The monoisotopic (exact) mass is 701 g/mol. The normalized spacial score (nSPS) is 15.4. The van der Waals surface area contributed by atoms with Gasteiger partial charge >= 0.3 is 7.82 Å². The number of amides is 1. The van der Waals surface area contributed by atoms with Gasteiger partial charge in [-0.2, -0.15) is 0 Å². The van der Waals surface area contributed by atoms with Crippen molar-refractivity contribution in [3.05, 3.63) is 36.5 Å². The number of hydrogen-bond donors (Lipinski definition) is 5. The van der Waals surface area contributed by atoms with Crippen LogP contribution >= 0.6 is 7.82 Å². The first-order chi connectivity index (χ1) is 23.3. The van der Waals surface area contributed by atoms with Crippen molar-refractivity contribution in [1.82, 2.24) is 5.32 Å². The number of allylic oxidation sites excluding steroid dienone is 5. The maximum Gasteiger partial charge on any atom is 0.472 e. The molecule has 0 bridgehead atoms. The van der Waals surface area contributed by atoms with Crippen LogP contribution < -0.4 is 11.1 Å². The first-order valence-electron chi connectivity index (χ1n) is 19.2. The highest BCUT2D eigenvalue weighted by molar-refractivity contribution is 7.47. The third-order valence-electron chi connectivity index (χ3n) is 8.25. The third kappa shape index (κ3) is 31.9. The molecule has 0 aliphatic carbocycles. The van der Waals surface area contributed by atoms with Crippen LogP contribution in [0.15, 0.2) is 36.5 Å². The van der Waals surface area contributed by atoms with Crippen molar-refractivity contribution in [2.45, 2.75) is 180 Å². The summed E-state index contributed by atoms with van der Waals surface area (Å²) < 4.78 is 21.9. The highest BCUT2D eigenvalue weighted by Gasteiger charge is 2.27. The maximum atomic E-state index is 12.7. The smallest absolute Gasteiger partial charge is 0.393 e. The summed E-state index contributed by atoms with van der Waals surface area (Å²) in [6.45, 7) is 3.88. The fourth-order valence-corrected chi connectivity index (χ4v) is 6.08. The molecule has 0 aromatic carbocycles. The molecule has 9 nitrogen and oxygen atoms in total. The Kier molecular flexibility index (Phi) is 33.2. The predicted molar refractivity (Wildman–Crippen MR) is 200 cm³/mol. The van der Waals surface area contributed by atoms with E-state index in [0.29, 0.717) is 12.8 Å². The molecule has 10 heteroatoms. The molecular formula is C38H73N2O7P. The van der Waals surface area contributed by atoms with Gasteiger partial charge in [-0.05, 0) is 44.9 Å². The van der Waals surface area contributed by atoms with Gasteiger partial charge in [-0.3, -0.25) is 13.8 Å². The summed E-state index contributed by atoms with van der Waals surface area (Å²) in [4.78, 5) is 22.6. The number of hydrogen-bond acceptors (Lipinski definition) is 7. The molecule has 0 radical (unpaired) electrons. The zero-order valence-corrected chi connectivity index (χ0v) is 31.5. The van der Waals surface area contributed by atoms with Crippen LogP contribution in [0.1, 0.15) is 162 Å².